The number of aliphatic hydroxyl groups is 1. The van der Waals surface area contributed by atoms with Crippen LogP contribution in [0.2, 0.25) is 0 Å². The van der Waals surface area contributed by atoms with Crippen molar-refractivity contribution in [2.24, 2.45) is 0 Å². The quantitative estimate of drug-likeness (QED) is 0.475. The molecule has 4 rings (SSSR count). The normalized spacial score (nSPS) is 15.9. The van der Waals surface area contributed by atoms with Crippen LogP contribution in [-0.2, 0) is 4.79 Å². The fourth-order valence-corrected chi connectivity index (χ4v) is 3.88. The predicted molar refractivity (Wildman–Crippen MR) is 123 cm³/mol. The Kier molecular flexibility index (Phi) is 6.22. The molecule has 0 aliphatic carbocycles. The molecule has 7 nitrogen and oxygen atoms in total. The molecule has 0 saturated heterocycles. The van der Waals surface area contributed by atoms with E-state index >= 15 is 0 Å². The predicted octanol–water partition coefficient (Wildman–Crippen LogP) is 5.25. The number of nitrogens with zero attached hydrogens (tertiary/aromatic N) is 1. The van der Waals surface area contributed by atoms with Gasteiger partial charge in [0.25, 0.3) is 5.91 Å². The van der Waals surface area contributed by atoms with Crippen molar-refractivity contribution in [1.29, 1.82) is 0 Å². The standard InChI is InChI=1S/C26H25NO6/c1-4-31-19-10-6-9-18(15-19)27-23(17-8-5-11-20(14-17)33-16(2)3)22(25(29)26(27)30)24(28)21-12-7-13-32-21/h5-16,23,29H,4H2,1-3H3. The van der Waals surface area contributed by atoms with E-state index < -0.39 is 23.5 Å². The maximum absolute atomic E-state index is 13.3. The van der Waals surface area contributed by atoms with Gasteiger partial charge in [0, 0.05) is 11.8 Å². The number of aliphatic hydroxyl groups excluding tert-OH is 1. The van der Waals surface area contributed by atoms with Crippen LogP contribution in [0.5, 0.6) is 11.5 Å². The van der Waals surface area contributed by atoms with Gasteiger partial charge in [-0.15, -0.1) is 0 Å². The molecule has 1 aliphatic heterocycles. The van der Waals surface area contributed by atoms with Crippen molar-refractivity contribution >= 4 is 17.4 Å². The molecule has 1 amide bonds. The minimum atomic E-state index is -0.886. The minimum Gasteiger partial charge on any atom is -0.503 e. The summed E-state index contributed by atoms with van der Waals surface area (Å²) in [6.45, 7) is 6.15. The zero-order valence-electron chi connectivity index (χ0n) is 18.6. The summed E-state index contributed by atoms with van der Waals surface area (Å²) in [5.74, 6) is -0.654. The Balaban J connectivity index is 1.86. The number of carbonyl (C=O) groups excluding carboxylic acids is 2. The first-order valence-electron chi connectivity index (χ1n) is 10.7. The highest BCUT2D eigenvalue weighted by Gasteiger charge is 2.45. The van der Waals surface area contributed by atoms with Crippen molar-refractivity contribution in [2.75, 3.05) is 11.5 Å². The second kappa shape index (κ2) is 9.24. The number of ether oxygens (including phenoxy) is 2. The molecule has 2 heterocycles. The molecule has 1 aromatic heterocycles. The molecule has 1 aliphatic rings. The molecule has 33 heavy (non-hydrogen) atoms. The Morgan fingerprint density at radius 1 is 1.09 bits per heavy atom. The molecule has 2 aromatic carbocycles. The number of Topliss-reactive ketones (excluding diaryl/α,β-unsaturated/α-hetero) is 1. The average molecular weight is 447 g/mol. The fourth-order valence-electron chi connectivity index (χ4n) is 3.88. The van der Waals surface area contributed by atoms with Gasteiger partial charge in [-0.2, -0.15) is 0 Å². The average Bonchev–Trinajstić information content (AvgIpc) is 3.41. The zero-order chi connectivity index (χ0) is 23.5. The number of benzene rings is 2. The summed E-state index contributed by atoms with van der Waals surface area (Å²) in [7, 11) is 0. The summed E-state index contributed by atoms with van der Waals surface area (Å²) >= 11 is 0. The summed E-state index contributed by atoms with van der Waals surface area (Å²) in [6.07, 6.45) is 1.31. The Labute approximate surface area is 191 Å². The highest BCUT2D eigenvalue weighted by molar-refractivity contribution is 6.20. The molecular formula is C26H25NO6. The highest BCUT2D eigenvalue weighted by Crippen LogP contribution is 2.43. The smallest absolute Gasteiger partial charge is 0.294 e. The van der Waals surface area contributed by atoms with Crippen LogP contribution in [-0.4, -0.2) is 29.5 Å². The van der Waals surface area contributed by atoms with Gasteiger partial charge in [0.05, 0.1) is 30.6 Å². The van der Waals surface area contributed by atoms with Gasteiger partial charge in [-0.1, -0.05) is 18.2 Å². The molecule has 1 unspecified atom stereocenters. The van der Waals surface area contributed by atoms with Crippen LogP contribution in [0.25, 0.3) is 0 Å². The number of hydrogen-bond acceptors (Lipinski definition) is 6. The Morgan fingerprint density at radius 2 is 1.85 bits per heavy atom. The first kappa shape index (κ1) is 22.2. The van der Waals surface area contributed by atoms with Crippen molar-refractivity contribution in [3.05, 3.63) is 89.6 Å². The molecular weight excluding hydrogens is 422 g/mol. The summed E-state index contributed by atoms with van der Waals surface area (Å²) in [5, 5.41) is 10.8. The van der Waals surface area contributed by atoms with Crippen LogP contribution >= 0.6 is 0 Å². The zero-order valence-corrected chi connectivity index (χ0v) is 18.6. The van der Waals surface area contributed by atoms with Crippen molar-refractivity contribution in [2.45, 2.75) is 32.9 Å². The molecule has 0 radical (unpaired) electrons. The van der Waals surface area contributed by atoms with Crippen LogP contribution in [0.3, 0.4) is 0 Å². The third-order valence-corrected chi connectivity index (χ3v) is 5.15. The summed E-state index contributed by atoms with van der Waals surface area (Å²) in [4.78, 5) is 28.0. The second-order valence-corrected chi connectivity index (χ2v) is 7.82. The van der Waals surface area contributed by atoms with Crippen molar-refractivity contribution in [1.82, 2.24) is 0 Å². The summed E-state index contributed by atoms with van der Waals surface area (Å²) in [6, 6.07) is 16.3. The van der Waals surface area contributed by atoms with E-state index in [2.05, 4.69) is 0 Å². The van der Waals surface area contributed by atoms with Gasteiger partial charge in [-0.25, -0.2) is 0 Å². The molecule has 0 bridgehead atoms. The van der Waals surface area contributed by atoms with Crippen LogP contribution < -0.4 is 14.4 Å². The van der Waals surface area contributed by atoms with Gasteiger partial charge >= 0.3 is 0 Å². The lowest BCUT2D eigenvalue weighted by Gasteiger charge is -2.27. The highest BCUT2D eigenvalue weighted by atomic mass is 16.5. The van der Waals surface area contributed by atoms with Crippen LogP contribution in [0.15, 0.2) is 82.7 Å². The minimum absolute atomic E-state index is 0.0360. The molecule has 0 spiro atoms. The van der Waals surface area contributed by atoms with Gasteiger partial charge < -0.3 is 19.0 Å². The van der Waals surface area contributed by atoms with Gasteiger partial charge in [0.15, 0.2) is 11.5 Å². The van der Waals surface area contributed by atoms with E-state index in [0.29, 0.717) is 29.4 Å². The summed E-state index contributed by atoms with van der Waals surface area (Å²) in [5.41, 5.74) is 1.04. The van der Waals surface area contributed by atoms with E-state index in [1.165, 1.54) is 17.2 Å². The van der Waals surface area contributed by atoms with Crippen LogP contribution in [0.4, 0.5) is 5.69 Å². The Morgan fingerprint density at radius 3 is 2.55 bits per heavy atom. The van der Waals surface area contributed by atoms with E-state index in [1.807, 2.05) is 20.8 Å². The number of ketones is 1. The lowest BCUT2D eigenvalue weighted by Crippen LogP contribution is -2.31. The fraction of sp³-hybridized carbons (Fsp3) is 0.231. The SMILES string of the molecule is CCOc1cccc(N2C(=O)C(O)=C(C(=O)c3ccco3)C2c2cccc(OC(C)C)c2)c1. The van der Waals surface area contributed by atoms with E-state index in [-0.39, 0.29) is 17.4 Å². The third-order valence-electron chi connectivity index (χ3n) is 5.15. The van der Waals surface area contributed by atoms with Gasteiger partial charge in [0.1, 0.15) is 11.5 Å². The molecule has 0 fully saturated rings. The first-order valence-corrected chi connectivity index (χ1v) is 10.7. The molecule has 3 aromatic rings. The van der Waals surface area contributed by atoms with Gasteiger partial charge in [-0.3, -0.25) is 14.5 Å². The monoisotopic (exact) mass is 447 g/mol. The van der Waals surface area contributed by atoms with Gasteiger partial charge in [-0.05, 0) is 62.7 Å². The van der Waals surface area contributed by atoms with Crippen molar-refractivity contribution < 1.29 is 28.6 Å². The topological polar surface area (TPSA) is 89.2 Å². The van der Waals surface area contributed by atoms with Crippen molar-refractivity contribution in [3.8, 4) is 11.5 Å². The number of carbonyl (C=O) groups is 2. The largest absolute Gasteiger partial charge is 0.503 e. The first-order chi connectivity index (χ1) is 15.9. The Hall–Kier alpha value is -4.00. The maximum Gasteiger partial charge on any atom is 0.294 e. The number of rotatable bonds is 8. The molecule has 7 heteroatoms. The number of furan rings is 1. The second-order valence-electron chi connectivity index (χ2n) is 7.82. The van der Waals surface area contributed by atoms with Crippen molar-refractivity contribution in [3.63, 3.8) is 0 Å². The maximum atomic E-state index is 13.3. The molecule has 0 saturated carbocycles. The number of amides is 1. The lowest BCUT2D eigenvalue weighted by molar-refractivity contribution is -0.117. The lowest BCUT2D eigenvalue weighted by atomic mass is 9.94. The van der Waals surface area contributed by atoms with Crippen LogP contribution in [0.1, 0.15) is 42.9 Å². The number of hydrogen-bond donors (Lipinski definition) is 1. The van der Waals surface area contributed by atoms with Crippen LogP contribution in [0, 0.1) is 0 Å². The third kappa shape index (κ3) is 4.35. The van der Waals surface area contributed by atoms with E-state index in [0.717, 1.165) is 0 Å². The van der Waals surface area contributed by atoms with E-state index in [1.54, 1.807) is 54.6 Å². The van der Waals surface area contributed by atoms with E-state index in [9.17, 15) is 14.7 Å². The number of anilines is 1. The molecule has 1 atom stereocenters. The molecule has 1 N–H and O–H groups in total. The molecule has 170 valence electrons. The summed E-state index contributed by atoms with van der Waals surface area (Å²) < 4.78 is 16.7. The van der Waals surface area contributed by atoms with Gasteiger partial charge in [0.2, 0.25) is 5.78 Å². The Bertz CT molecular complexity index is 1200. The van der Waals surface area contributed by atoms with E-state index in [4.69, 9.17) is 13.9 Å².